The number of imidazole rings is 1. The van der Waals surface area contributed by atoms with Crippen LogP contribution in [0.4, 0.5) is 10.5 Å². The Kier molecular flexibility index (Phi) is 7.07. The van der Waals surface area contributed by atoms with Gasteiger partial charge in [0, 0.05) is 48.3 Å². The fourth-order valence-corrected chi connectivity index (χ4v) is 6.42. The highest BCUT2D eigenvalue weighted by Gasteiger charge is 2.41. The van der Waals surface area contributed by atoms with Gasteiger partial charge in [-0.1, -0.05) is 23.7 Å². The van der Waals surface area contributed by atoms with Crippen LogP contribution in [0.1, 0.15) is 55.8 Å². The van der Waals surface area contributed by atoms with Crippen molar-refractivity contribution in [3.63, 3.8) is 0 Å². The molecule has 2 bridgehead atoms. The third-order valence-corrected chi connectivity index (χ3v) is 8.51. The molecule has 3 aromatic rings. The van der Waals surface area contributed by atoms with Crippen molar-refractivity contribution in [1.82, 2.24) is 19.8 Å². The Hall–Kier alpha value is -3.03. The molecule has 194 valence electrons. The fourth-order valence-electron chi connectivity index (χ4n) is 6.30. The Morgan fingerprint density at radius 1 is 1.00 bits per heavy atom. The number of rotatable bonds is 6. The molecule has 6 rings (SSSR count). The van der Waals surface area contributed by atoms with Crippen molar-refractivity contribution in [1.29, 1.82) is 0 Å². The van der Waals surface area contributed by atoms with E-state index in [0.29, 0.717) is 18.0 Å². The molecule has 2 aromatic carbocycles. The Morgan fingerprint density at radius 2 is 1.70 bits per heavy atom. The highest BCUT2D eigenvalue weighted by atomic mass is 35.5. The lowest BCUT2D eigenvalue weighted by molar-refractivity contribution is 0.0431. The molecule has 7 nitrogen and oxygen atoms in total. The number of urea groups is 1. The number of piperidine rings is 2. The second kappa shape index (κ2) is 10.8. The quantitative estimate of drug-likeness (QED) is 0.416. The zero-order valence-corrected chi connectivity index (χ0v) is 21.7. The summed E-state index contributed by atoms with van der Waals surface area (Å²) in [6, 6.07) is 17.0. The number of carbonyl (C=O) groups excluding carboxylic acids is 1. The zero-order valence-electron chi connectivity index (χ0n) is 21.0. The van der Waals surface area contributed by atoms with Crippen LogP contribution < -0.4 is 10.1 Å². The molecule has 3 aliphatic rings. The van der Waals surface area contributed by atoms with Gasteiger partial charge in [0.1, 0.15) is 17.7 Å². The summed E-state index contributed by atoms with van der Waals surface area (Å²) in [7, 11) is 0. The van der Waals surface area contributed by atoms with E-state index in [1.807, 2.05) is 53.7 Å². The highest BCUT2D eigenvalue weighted by Crippen LogP contribution is 2.38. The molecular formula is C29H34ClN5O2. The van der Waals surface area contributed by atoms with Crippen LogP contribution in [0.3, 0.4) is 0 Å². The van der Waals surface area contributed by atoms with Gasteiger partial charge in [0.15, 0.2) is 0 Å². The Bertz CT molecular complexity index is 1160. The average Bonchev–Trinajstić information content (AvgIpc) is 3.51. The smallest absolute Gasteiger partial charge is 0.321 e. The molecule has 1 unspecified atom stereocenters. The van der Waals surface area contributed by atoms with Gasteiger partial charge in [0.25, 0.3) is 0 Å². The maximum absolute atomic E-state index is 12.8. The first kappa shape index (κ1) is 24.3. The predicted octanol–water partition coefficient (Wildman–Crippen LogP) is 6.05. The van der Waals surface area contributed by atoms with E-state index in [-0.39, 0.29) is 12.1 Å². The number of ether oxygens (including phenoxy) is 1. The Morgan fingerprint density at radius 3 is 2.35 bits per heavy atom. The molecule has 2 N–H and O–H groups in total. The number of nitrogens with zero attached hydrogens (tertiary/aromatic N) is 3. The molecule has 8 heteroatoms. The van der Waals surface area contributed by atoms with Crippen molar-refractivity contribution >= 4 is 23.3 Å². The lowest BCUT2D eigenvalue weighted by Gasteiger charge is -2.38. The van der Waals surface area contributed by atoms with Gasteiger partial charge < -0.3 is 19.9 Å². The number of halogens is 1. The van der Waals surface area contributed by atoms with Crippen molar-refractivity contribution in [2.45, 2.75) is 69.2 Å². The number of fused-ring (bicyclic) bond motifs is 2. The number of carbonyl (C=O) groups is 1. The number of hydrogen-bond acceptors (Lipinski definition) is 4. The number of nitrogens with one attached hydrogen (secondary N) is 2. The molecule has 3 atom stereocenters. The number of anilines is 1. The van der Waals surface area contributed by atoms with E-state index in [9.17, 15) is 4.79 Å². The summed E-state index contributed by atoms with van der Waals surface area (Å²) in [4.78, 5) is 25.0. The van der Waals surface area contributed by atoms with E-state index < -0.39 is 0 Å². The van der Waals surface area contributed by atoms with Crippen LogP contribution in [0.25, 0.3) is 0 Å². The summed E-state index contributed by atoms with van der Waals surface area (Å²) in [6.45, 7) is 2.39. The van der Waals surface area contributed by atoms with Crippen LogP contribution in [0.15, 0.2) is 60.9 Å². The molecule has 0 aliphatic carbocycles. The van der Waals surface area contributed by atoms with E-state index in [2.05, 4.69) is 32.3 Å². The van der Waals surface area contributed by atoms with Crippen molar-refractivity contribution in [3.8, 4) is 5.75 Å². The lowest BCUT2D eigenvalue weighted by Crippen LogP contribution is -2.45. The summed E-state index contributed by atoms with van der Waals surface area (Å²) in [5, 5.41) is 3.81. The summed E-state index contributed by atoms with van der Waals surface area (Å²) in [6.07, 6.45) is 10.4. The summed E-state index contributed by atoms with van der Waals surface area (Å²) in [5.74, 6) is 2.38. The van der Waals surface area contributed by atoms with Gasteiger partial charge in [-0.3, -0.25) is 4.90 Å². The first-order chi connectivity index (χ1) is 18.1. The standard InChI is InChI=1S/C29H34ClN5O2/c30-22-3-1-20(2-4-22)21-11-15-34(16-12-21)29(36)33-23-5-9-26(10-6-23)37-27-17-24-7-8-25(18-27)35(24)19-28-31-13-14-32-28/h1-6,9-10,13-14,21,24-25,27H,7-8,11-12,15-19H2,(H,31,32)(H,33,36)/t24-,25+,27?. The van der Waals surface area contributed by atoms with Gasteiger partial charge in [-0.05, 0) is 86.4 Å². The van der Waals surface area contributed by atoms with Gasteiger partial charge in [-0.15, -0.1) is 0 Å². The minimum atomic E-state index is -0.0382. The lowest BCUT2D eigenvalue weighted by atomic mass is 9.89. The molecule has 4 heterocycles. The second-order valence-electron chi connectivity index (χ2n) is 10.6. The maximum Gasteiger partial charge on any atom is 0.321 e. The number of likely N-dealkylation sites (tertiary alicyclic amines) is 1. The third-order valence-electron chi connectivity index (χ3n) is 8.26. The van der Waals surface area contributed by atoms with E-state index in [1.54, 1.807) is 0 Å². The van der Waals surface area contributed by atoms with E-state index >= 15 is 0 Å². The van der Waals surface area contributed by atoms with Crippen molar-refractivity contribution in [3.05, 3.63) is 77.3 Å². The largest absolute Gasteiger partial charge is 0.490 e. The average molecular weight is 520 g/mol. The van der Waals surface area contributed by atoms with Crippen LogP contribution in [0.5, 0.6) is 5.75 Å². The molecular weight excluding hydrogens is 486 g/mol. The van der Waals surface area contributed by atoms with Crippen LogP contribution >= 0.6 is 11.6 Å². The Balaban J connectivity index is 0.974. The maximum atomic E-state index is 12.8. The molecule has 1 aromatic heterocycles. The number of aromatic amines is 1. The molecule has 0 spiro atoms. The zero-order chi connectivity index (χ0) is 25.2. The summed E-state index contributed by atoms with van der Waals surface area (Å²) >= 11 is 6.02. The minimum absolute atomic E-state index is 0.0382. The van der Waals surface area contributed by atoms with E-state index in [4.69, 9.17) is 16.3 Å². The summed E-state index contributed by atoms with van der Waals surface area (Å²) < 4.78 is 6.38. The highest BCUT2D eigenvalue weighted by molar-refractivity contribution is 6.30. The van der Waals surface area contributed by atoms with Crippen molar-refractivity contribution in [2.24, 2.45) is 0 Å². The number of hydrogen-bond donors (Lipinski definition) is 2. The molecule has 3 fully saturated rings. The van der Waals surface area contributed by atoms with Gasteiger partial charge in [-0.25, -0.2) is 9.78 Å². The number of H-pyrrole nitrogens is 1. The SMILES string of the molecule is O=C(Nc1ccc(OC2C[C@H]3CC[C@@H](C2)N3Cc2ncc[nH]2)cc1)N1CCC(c2ccc(Cl)cc2)CC1. The topological polar surface area (TPSA) is 73.5 Å². The van der Waals surface area contributed by atoms with Gasteiger partial charge >= 0.3 is 6.03 Å². The van der Waals surface area contributed by atoms with Crippen LogP contribution in [0.2, 0.25) is 5.02 Å². The van der Waals surface area contributed by atoms with E-state index in [1.165, 1.54) is 18.4 Å². The van der Waals surface area contributed by atoms with Crippen LogP contribution in [-0.2, 0) is 6.54 Å². The minimum Gasteiger partial charge on any atom is -0.490 e. The molecule has 3 saturated heterocycles. The first-order valence-electron chi connectivity index (χ1n) is 13.4. The van der Waals surface area contributed by atoms with Gasteiger partial charge in [0.2, 0.25) is 0 Å². The van der Waals surface area contributed by atoms with Crippen LogP contribution in [0, 0.1) is 0 Å². The predicted molar refractivity (Wildman–Crippen MR) is 145 cm³/mol. The summed E-state index contributed by atoms with van der Waals surface area (Å²) in [5.41, 5.74) is 2.10. The molecule has 0 saturated carbocycles. The van der Waals surface area contributed by atoms with Crippen molar-refractivity contribution in [2.75, 3.05) is 18.4 Å². The monoisotopic (exact) mass is 519 g/mol. The van der Waals surface area contributed by atoms with Gasteiger partial charge in [-0.2, -0.15) is 0 Å². The molecule has 37 heavy (non-hydrogen) atoms. The molecule has 0 radical (unpaired) electrons. The molecule has 2 amide bonds. The second-order valence-corrected chi connectivity index (χ2v) is 11.0. The molecule has 3 aliphatic heterocycles. The normalized spacial score (nSPS) is 24.2. The van der Waals surface area contributed by atoms with E-state index in [0.717, 1.165) is 67.6 Å². The van der Waals surface area contributed by atoms with Gasteiger partial charge in [0.05, 0.1) is 6.54 Å². The Labute approximate surface area is 223 Å². The van der Waals surface area contributed by atoms with Crippen LogP contribution in [-0.4, -0.2) is 57.1 Å². The number of aromatic nitrogens is 2. The third kappa shape index (κ3) is 5.63. The number of benzene rings is 2. The fraction of sp³-hybridized carbons (Fsp3) is 0.448. The number of amides is 2. The van der Waals surface area contributed by atoms with Crippen molar-refractivity contribution < 1.29 is 9.53 Å². The first-order valence-corrected chi connectivity index (χ1v) is 13.8.